The maximum atomic E-state index is 10.8. The van der Waals surface area contributed by atoms with E-state index in [9.17, 15) is 4.79 Å². The summed E-state index contributed by atoms with van der Waals surface area (Å²) in [6.07, 6.45) is 0.865. The van der Waals surface area contributed by atoms with Crippen molar-refractivity contribution < 1.29 is 9.53 Å². The van der Waals surface area contributed by atoms with Gasteiger partial charge in [-0.2, -0.15) is 0 Å². The fourth-order valence-corrected chi connectivity index (χ4v) is 1.59. The van der Waals surface area contributed by atoms with Gasteiger partial charge in [0.1, 0.15) is 12.0 Å². The molecule has 0 amide bonds. The number of aryl methyl sites for hydroxylation is 1. The number of carbonyl (C=O) groups is 1. The van der Waals surface area contributed by atoms with Gasteiger partial charge in [0.15, 0.2) is 0 Å². The third-order valence-corrected chi connectivity index (χ3v) is 2.52. The van der Waals surface area contributed by atoms with E-state index in [1.54, 1.807) is 7.11 Å². The summed E-state index contributed by atoms with van der Waals surface area (Å²) in [6, 6.07) is 3.84. The van der Waals surface area contributed by atoms with Crippen molar-refractivity contribution in [2.75, 3.05) is 7.11 Å². The van der Waals surface area contributed by atoms with Crippen LogP contribution < -0.4 is 4.74 Å². The summed E-state index contributed by atoms with van der Waals surface area (Å²) in [7, 11) is 1.63. The van der Waals surface area contributed by atoms with Gasteiger partial charge in [-0.05, 0) is 29.5 Å². The van der Waals surface area contributed by atoms with Gasteiger partial charge in [-0.3, -0.25) is 4.79 Å². The molecule has 0 bridgehead atoms. The summed E-state index contributed by atoms with van der Waals surface area (Å²) in [5.74, 6) is 0.787. The van der Waals surface area contributed by atoms with Crippen LogP contribution in [0.2, 0.25) is 0 Å². The van der Waals surface area contributed by atoms with Crippen LogP contribution in [0.25, 0.3) is 0 Å². The number of ether oxygens (including phenoxy) is 1. The predicted molar refractivity (Wildman–Crippen MR) is 61.8 cm³/mol. The Kier molecular flexibility index (Phi) is 3.18. The van der Waals surface area contributed by atoms with Gasteiger partial charge < -0.3 is 4.74 Å². The predicted octanol–water partition coefficient (Wildman–Crippen LogP) is 3.11. The first-order chi connectivity index (χ1) is 6.90. The molecule has 0 saturated carbocycles. The lowest BCUT2D eigenvalue weighted by Crippen LogP contribution is -2.13. The van der Waals surface area contributed by atoms with Crippen LogP contribution >= 0.6 is 0 Å². The van der Waals surface area contributed by atoms with Gasteiger partial charge in [-0.15, -0.1) is 0 Å². The average molecular weight is 206 g/mol. The highest BCUT2D eigenvalue weighted by Gasteiger charge is 2.20. The van der Waals surface area contributed by atoms with E-state index in [-0.39, 0.29) is 5.41 Å². The van der Waals surface area contributed by atoms with E-state index in [0.717, 1.165) is 23.2 Å². The highest BCUT2D eigenvalue weighted by molar-refractivity contribution is 5.78. The Labute approximate surface area is 91.3 Å². The van der Waals surface area contributed by atoms with Crippen LogP contribution in [0, 0.1) is 6.92 Å². The number of rotatable bonds is 2. The number of hydrogen-bond acceptors (Lipinski definition) is 2. The molecule has 0 saturated heterocycles. The smallest absolute Gasteiger partial charge is 0.150 e. The van der Waals surface area contributed by atoms with Crippen molar-refractivity contribution >= 4 is 6.29 Å². The van der Waals surface area contributed by atoms with Crippen LogP contribution in [0.1, 0.15) is 42.3 Å². The van der Waals surface area contributed by atoms with E-state index in [4.69, 9.17) is 4.74 Å². The molecule has 0 aliphatic carbocycles. The molecular formula is C13H18O2. The summed E-state index contributed by atoms with van der Waals surface area (Å²) in [6.45, 7) is 8.33. The fraction of sp³-hybridized carbons (Fsp3) is 0.462. The molecule has 1 aromatic rings. The second kappa shape index (κ2) is 4.05. The molecule has 0 aliphatic rings. The minimum atomic E-state index is 0.0253. The first kappa shape index (κ1) is 11.8. The molecule has 0 spiro atoms. The highest BCUT2D eigenvalue weighted by Crippen LogP contribution is 2.33. The van der Waals surface area contributed by atoms with Gasteiger partial charge >= 0.3 is 0 Å². The van der Waals surface area contributed by atoms with Gasteiger partial charge in [-0.1, -0.05) is 26.8 Å². The summed E-state index contributed by atoms with van der Waals surface area (Å²) < 4.78 is 5.31. The van der Waals surface area contributed by atoms with Crippen LogP contribution in [0.5, 0.6) is 5.75 Å². The average Bonchev–Trinajstić information content (AvgIpc) is 2.16. The van der Waals surface area contributed by atoms with Crippen LogP contribution in [-0.4, -0.2) is 13.4 Å². The van der Waals surface area contributed by atoms with Crippen molar-refractivity contribution in [2.45, 2.75) is 33.1 Å². The third-order valence-electron chi connectivity index (χ3n) is 2.52. The Morgan fingerprint density at radius 1 is 1.27 bits per heavy atom. The molecule has 2 heteroatoms. The molecule has 0 heterocycles. The van der Waals surface area contributed by atoms with Crippen LogP contribution in [0.3, 0.4) is 0 Å². The minimum absolute atomic E-state index is 0.0253. The first-order valence-corrected chi connectivity index (χ1v) is 5.04. The second-order valence-electron chi connectivity index (χ2n) is 4.78. The van der Waals surface area contributed by atoms with E-state index >= 15 is 0 Å². The third kappa shape index (κ3) is 2.38. The summed E-state index contributed by atoms with van der Waals surface area (Å²) in [4.78, 5) is 10.8. The lowest BCUT2D eigenvalue weighted by atomic mass is 9.84. The first-order valence-electron chi connectivity index (χ1n) is 5.04. The molecule has 0 radical (unpaired) electrons. The van der Waals surface area contributed by atoms with E-state index in [1.807, 2.05) is 19.1 Å². The Hall–Kier alpha value is -1.31. The van der Waals surface area contributed by atoms with E-state index in [2.05, 4.69) is 20.8 Å². The number of aldehydes is 1. The molecular weight excluding hydrogens is 188 g/mol. The van der Waals surface area contributed by atoms with Crippen LogP contribution in [-0.2, 0) is 5.41 Å². The molecule has 0 aliphatic heterocycles. The Morgan fingerprint density at radius 2 is 1.87 bits per heavy atom. The van der Waals surface area contributed by atoms with Gasteiger partial charge in [0.25, 0.3) is 0 Å². The summed E-state index contributed by atoms with van der Waals surface area (Å²) in [5.41, 5.74) is 2.85. The van der Waals surface area contributed by atoms with E-state index < -0.39 is 0 Å². The number of carbonyl (C=O) groups excluding carboxylic acids is 1. The molecule has 0 fully saturated rings. The van der Waals surface area contributed by atoms with Crippen molar-refractivity contribution in [3.8, 4) is 5.75 Å². The highest BCUT2D eigenvalue weighted by atomic mass is 16.5. The normalized spacial score (nSPS) is 11.3. The van der Waals surface area contributed by atoms with Crippen molar-refractivity contribution in [3.63, 3.8) is 0 Å². The Balaban J connectivity index is 3.40. The SMILES string of the molecule is COc1cc(C=O)c(C)cc1C(C)(C)C. The zero-order valence-electron chi connectivity index (χ0n) is 10.0. The zero-order valence-corrected chi connectivity index (χ0v) is 10.0. The lowest BCUT2D eigenvalue weighted by molar-refractivity contribution is 0.112. The van der Waals surface area contributed by atoms with Gasteiger partial charge in [0.2, 0.25) is 0 Å². The number of hydrogen-bond donors (Lipinski definition) is 0. The van der Waals surface area contributed by atoms with Gasteiger partial charge in [-0.25, -0.2) is 0 Å². The molecule has 15 heavy (non-hydrogen) atoms. The topological polar surface area (TPSA) is 26.3 Å². The molecule has 0 N–H and O–H groups in total. The fourth-order valence-electron chi connectivity index (χ4n) is 1.59. The summed E-state index contributed by atoms with van der Waals surface area (Å²) >= 11 is 0. The van der Waals surface area contributed by atoms with Crippen molar-refractivity contribution in [1.82, 2.24) is 0 Å². The van der Waals surface area contributed by atoms with Crippen LogP contribution in [0.4, 0.5) is 0 Å². The van der Waals surface area contributed by atoms with Crippen molar-refractivity contribution in [2.24, 2.45) is 0 Å². The van der Waals surface area contributed by atoms with Crippen molar-refractivity contribution in [3.05, 3.63) is 28.8 Å². The van der Waals surface area contributed by atoms with Gasteiger partial charge in [0, 0.05) is 5.56 Å². The van der Waals surface area contributed by atoms with Crippen LogP contribution in [0.15, 0.2) is 12.1 Å². The standard InChI is InChI=1S/C13H18O2/c1-9-6-11(13(2,3)4)12(15-5)7-10(9)8-14/h6-8H,1-5H3. The number of methoxy groups -OCH3 is 1. The monoisotopic (exact) mass is 206 g/mol. The Morgan fingerprint density at radius 3 is 2.27 bits per heavy atom. The molecule has 82 valence electrons. The quantitative estimate of drug-likeness (QED) is 0.695. The van der Waals surface area contributed by atoms with E-state index in [0.29, 0.717) is 5.56 Å². The van der Waals surface area contributed by atoms with Crippen molar-refractivity contribution in [1.29, 1.82) is 0 Å². The molecule has 0 atom stereocenters. The lowest BCUT2D eigenvalue weighted by Gasteiger charge is -2.23. The maximum Gasteiger partial charge on any atom is 0.150 e. The molecule has 1 rings (SSSR count). The zero-order chi connectivity index (χ0) is 11.6. The summed E-state index contributed by atoms with van der Waals surface area (Å²) in [5, 5.41) is 0. The molecule has 0 aromatic heterocycles. The second-order valence-corrected chi connectivity index (χ2v) is 4.78. The van der Waals surface area contributed by atoms with E-state index in [1.165, 1.54) is 0 Å². The minimum Gasteiger partial charge on any atom is -0.496 e. The molecule has 2 nitrogen and oxygen atoms in total. The maximum absolute atomic E-state index is 10.8. The number of benzene rings is 1. The largest absolute Gasteiger partial charge is 0.496 e. The Bertz CT molecular complexity index is 373. The van der Waals surface area contributed by atoms with Gasteiger partial charge in [0.05, 0.1) is 7.11 Å². The molecule has 0 unspecified atom stereocenters. The molecule has 1 aromatic carbocycles.